The largest absolute Gasteiger partial charge is 0.453 e. The summed E-state index contributed by atoms with van der Waals surface area (Å²) < 4.78 is 10.0. The lowest BCUT2D eigenvalue weighted by Crippen LogP contribution is -2.54. The maximum absolute atomic E-state index is 13.4. The first kappa shape index (κ1) is 26.2. The number of carbonyl (C=O) groups excluding carboxylic acids is 2. The zero-order valence-corrected chi connectivity index (χ0v) is 21.4. The normalized spacial score (nSPS) is 20.9. The van der Waals surface area contributed by atoms with Gasteiger partial charge < -0.3 is 30.0 Å². The number of methoxy groups -OCH3 is 2. The molecule has 2 aromatic rings. The van der Waals surface area contributed by atoms with E-state index in [1.807, 2.05) is 12.2 Å². The Bertz CT molecular complexity index is 1150. The molecule has 4 rings (SSSR count). The number of aromatic nitrogens is 2. The quantitative estimate of drug-likeness (QED) is 0.481. The summed E-state index contributed by atoms with van der Waals surface area (Å²) in [6.07, 6.45) is 12.1. The fourth-order valence-corrected chi connectivity index (χ4v) is 4.42. The predicted octanol–water partition coefficient (Wildman–Crippen LogP) is 3.02. The average molecular weight is 507 g/mol. The van der Waals surface area contributed by atoms with E-state index >= 15 is 0 Å². The molecular weight excluding hydrogens is 472 g/mol. The number of nitrogens with one attached hydrogen (secondary N) is 3. The minimum Gasteiger partial charge on any atom is -0.453 e. The molecule has 2 aliphatic heterocycles. The molecule has 3 N–H and O–H groups in total. The molecule has 1 saturated heterocycles. The van der Waals surface area contributed by atoms with Gasteiger partial charge in [0, 0.05) is 13.7 Å². The van der Waals surface area contributed by atoms with Crippen LogP contribution in [0.2, 0.25) is 0 Å². The molecule has 1 aromatic carbocycles. The summed E-state index contributed by atoms with van der Waals surface area (Å²) >= 11 is 0. The van der Waals surface area contributed by atoms with E-state index in [0.717, 1.165) is 42.0 Å². The number of alkyl carbamates (subject to hydrolysis) is 1. The number of carbonyl (C=O) groups is 2. The van der Waals surface area contributed by atoms with Gasteiger partial charge in [-0.1, -0.05) is 42.5 Å². The number of H-pyrrole nitrogens is 1. The zero-order chi connectivity index (χ0) is 26.2. The summed E-state index contributed by atoms with van der Waals surface area (Å²) in [6, 6.07) is 7.49. The van der Waals surface area contributed by atoms with E-state index in [9.17, 15) is 9.59 Å². The lowest BCUT2D eigenvalue weighted by atomic mass is 10.1. The van der Waals surface area contributed by atoms with Gasteiger partial charge in [0.1, 0.15) is 11.9 Å². The highest BCUT2D eigenvalue weighted by atomic mass is 16.5. The highest BCUT2D eigenvalue weighted by Gasteiger charge is 2.38. The molecule has 10 nitrogen and oxygen atoms in total. The number of hydrogen-bond acceptors (Lipinski definition) is 7. The fourth-order valence-electron chi connectivity index (χ4n) is 4.42. The van der Waals surface area contributed by atoms with Crippen molar-refractivity contribution in [1.29, 1.82) is 0 Å². The lowest BCUT2D eigenvalue weighted by molar-refractivity contribution is -0.137. The lowest BCUT2D eigenvalue weighted by Gasteiger charge is -2.30. The van der Waals surface area contributed by atoms with Crippen molar-refractivity contribution < 1.29 is 19.1 Å². The van der Waals surface area contributed by atoms with Crippen LogP contribution in [0.25, 0.3) is 18.2 Å². The van der Waals surface area contributed by atoms with E-state index in [1.54, 1.807) is 24.4 Å². The first-order valence-electron chi connectivity index (χ1n) is 12.4. The maximum atomic E-state index is 13.4. The first-order chi connectivity index (χ1) is 18.0. The molecule has 3 heterocycles. The number of hydrogen-bond donors (Lipinski definition) is 3. The molecule has 4 atom stereocenters. The summed E-state index contributed by atoms with van der Waals surface area (Å²) in [5, 5.41) is 5.79. The van der Waals surface area contributed by atoms with Crippen LogP contribution in [0.5, 0.6) is 0 Å². The van der Waals surface area contributed by atoms with Crippen LogP contribution >= 0.6 is 0 Å². The van der Waals surface area contributed by atoms with Crippen LogP contribution in [0.1, 0.15) is 48.5 Å². The van der Waals surface area contributed by atoms with Crippen LogP contribution in [0.3, 0.4) is 0 Å². The predicted molar refractivity (Wildman–Crippen MR) is 143 cm³/mol. The Balaban J connectivity index is 1.39. The molecule has 196 valence electrons. The molecule has 2 amide bonds. The Hall–Kier alpha value is -3.92. The molecule has 37 heavy (non-hydrogen) atoms. The SMILES string of the molecule is COC(=O)N[C@H](C(=O)N1CCC[C@H]1c1ncc(/C=C/c2ccc(/C=C/C3CN=CN3)cc2)[nH]1)[C@@H](C)OC. The maximum Gasteiger partial charge on any atom is 0.407 e. The number of imidazole rings is 1. The summed E-state index contributed by atoms with van der Waals surface area (Å²) in [5.74, 6) is 0.499. The van der Waals surface area contributed by atoms with Gasteiger partial charge in [0.2, 0.25) is 5.91 Å². The minimum atomic E-state index is -0.854. The third kappa shape index (κ3) is 6.65. The van der Waals surface area contributed by atoms with Gasteiger partial charge in [0.25, 0.3) is 0 Å². The van der Waals surface area contributed by atoms with Crippen LogP contribution in [0.15, 0.2) is 41.5 Å². The number of aromatic amines is 1. The number of likely N-dealkylation sites (tertiary alicyclic amines) is 1. The second-order valence-corrected chi connectivity index (χ2v) is 9.09. The van der Waals surface area contributed by atoms with Crippen molar-refractivity contribution in [3.63, 3.8) is 0 Å². The fraction of sp³-hybridized carbons (Fsp3) is 0.407. The summed E-state index contributed by atoms with van der Waals surface area (Å²) in [7, 11) is 2.77. The Labute approximate surface area is 216 Å². The molecule has 10 heteroatoms. The van der Waals surface area contributed by atoms with Gasteiger partial charge in [0.05, 0.1) is 50.1 Å². The Kier molecular flexibility index (Phi) is 8.73. The Morgan fingerprint density at radius 1 is 1.16 bits per heavy atom. The number of benzene rings is 1. The molecule has 0 aliphatic carbocycles. The second kappa shape index (κ2) is 12.4. The zero-order valence-electron chi connectivity index (χ0n) is 21.4. The third-order valence-corrected chi connectivity index (χ3v) is 6.63. The van der Waals surface area contributed by atoms with Crippen LogP contribution < -0.4 is 10.6 Å². The standard InChI is InChI=1S/C27H34N6O4/c1-18(36-2)24(32-27(35)37-3)26(34)33-14-4-5-23(33)25-29-16-22(31-25)13-11-20-8-6-19(7-9-20)10-12-21-15-28-17-30-21/h6-13,16-18,21,23-24H,4-5,14-15H2,1-3H3,(H,28,30)(H,29,31)(H,32,35)/b12-10+,13-11+/t18-,21?,23+,24+/m1/s1. The first-order valence-corrected chi connectivity index (χ1v) is 12.4. The van der Waals surface area contributed by atoms with Crippen LogP contribution in [0, 0.1) is 0 Å². The van der Waals surface area contributed by atoms with E-state index < -0.39 is 18.2 Å². The van der Waals surface area contributed by atoms with Crippen molar-refractivity contribution in [3.05, 3.63) is 59.2 Å². The summed E-state index contributed by atoms with van der Waals surface area (Å²) in [6.45, 7) is 3.09. The van der Waals surface area contributed by atoms with Crippen molar-refractivity contribution in [1.82, 2.24) is 25.5 Å². The van der Waals surface area contributed by atoms with Gasteiger partial charge >= 0.3 is 6.09 Å². The Morgan fingerprint density at radius 3 is 2.59 bits per heavy atom. The van der Waals surface area contributed by atoms with Crippen LogP contribution in [-0.2, 0) is 14.3 Å². The highest BCUT2D eigenvalue weighted by molar-refractivity contribution is 5.86. The van der Waals surface area contributed by atoms with Gasteiger partial charge in [-0.25, -0.2) is 9.78 Å². The average Bonchev–Trinajstić information content (AvgIpc) is 3.71. The molecule has 1 unspecified atom stereocenters. The smallest absolute Gasteiger partial charge is 0.407 e. The van der Waals surface area contributed by atoms with Crippen molar-refractivity contribution >= 4 is 36.6 Å². The van der Waals surface area contributed by atoms with Crippen LogP contribution in [-0.4, -0.2) is 78.7 Å². The molecule has 0 radical (unpaired) electrons. The topological polar surface area (TPSA) is 121 Å². The molecule has 1 aromatic heterocycles. The van der Waals surface area contributed by atoms with Gasteiger partial charge in [-0.3, -0.25) is 9.79 Å². The molecular formula is C27H34N6O4. The van der Waals surface area contributed by atoms with Crippen molar-refractivity contribution in [3.8, 4) is 0 Å². The number of nitrogens with zero attached hydrogens (tertiary/aromatic N) is 3. The number of ether oxygens (including phenoxy) is 2. The van der Waals surface area contributed by atoms with Gasteiger partial charge in [-0.15, -0.1) is 0 Å². The Morgan fingerprint density at radius 2 is 1.92 bits per heavy atom. The van der Waals surface area contributed by atoms with Crippen molar-refractivity contribution in [2.75, 3.05) is 27.3 Å². The summed E-state index contributed by atoms with van der Waals surface area (Å²) in [4.78, 5) is 39.0. The van der Waals surface area contributed by atoms with Crippen molar-refractivity contribution in [2.45, 2.75) is 44.0 Å². The van der Waals surface area contributed by atoms with E-state index in [0.29, 0.717) is 6.54 Å². The van der Waals surface area contributed by atoms with Crippen LogP contribution in [0.4, 0.5) is 4.79 Å². The van der Waals surface area contributed by atoms with E-state index in [2.05, 4.69) is 62.0 Å². The van der Waals surface area contributed by atoms with Gasteiger partial charge in [-0.2, -0.15) is 0 Å². The molecule has 0 saturated carbocycles. The highest BCUT2D eigenvalue weighted by Crippen LogP contribution is 2.31. The summed E-state index contributed by atoms with van der Waals surface area (Å²) in [5.41, 5.74) is 3.04. The number of amides is 2. The van der Waals surface area contributed by atoms with E-state index in [4.69, 9.17) is 9.47 Å². The molecule has 2 aliphatic rings. The molecule has 0 bridgehead atoms. The molecule has 0 spiro atoms. The third-order valence-electron chi connectivity index (χ3n) is 6.63. The van der Waals surface area contributed by atoms with E-state index in [-0.39, 0.29) is 18.0 Å². The van der Waals surface area contributed by atoms with Gasteiger partial charge in [-0.05, 0) is 37.0 Å². The second-order valence-electron chi connectivity index (χ2n) is 9.09. The molecule has 1 fully saturated rings. The number of rotatable bonds is 9. The monoisotopic (exact) mass is 506 g/mol. The number of aliphatic imine (C=N–C) groups is 1. The van der Waals surface area contributed by atoms with Gasteiger partial charge in [0.15, 0.2) is 0 Å². The van der Waals surface area contributed by atoms with Crippen molar-refractivity contribution in [2.24, 2.45) is 4.99 Å². The van der Waals surface area contributed by atoms with E-state index in [1.165, 1.54) is 14.2 Å². The minimum absolute atomic E-state index is 0.202.